The second-order valence-electron chi connectivity index (χ2n) is 8.92. The molecular formula is C24H30N2O5. The van der Waals surface area contributed by atoms with Crippen molar-refractivity contribution in [1.29, 1.82) is 0 Å². The SMILES string of the molecule is C[C@H]1[C@@H](Oc2cccc(-c3cccc(C4OCCO4)c3)n2)CCN1C(=O)OC(C)(C)C. The van der Waals surface area contributed by atoms with Gasteiger partial charge in [0.15, 0.2) is 6.29 Å². The highest BCUT2D eigenvalue weighted by atomic mass is 16.7. The Morgan fingerprint density at radius 3 is 2.61 bits per heavy atom. The Bertz CT molecular complexity index is 920. The Hall–Kier alpha value is -2.64. The van der Waals surface area contributed by atoms with E-state index in [1.165, 1.54) is 0 Å². The van der Waals surface area contributed by atoms with Crippen LogP contribution in [0.25, 0.3) is 11.3 Å². The van der Waals surface area contributed by atoms with Crippen molar-refractivity contribution in [2.24, 2.45) is 0 Å². The Labute approximate surface area is 183 Å². The molecule has 166 valence electrons. The largest absolute Gasteiger partial charge is 0.472 e. The number of carbonyl (C=O) groups excluding carboxylic acids is 1. The summed E-state index contributed by atoms with van der Waals surface area (Å²) in [7, 11) is 0. The van der Waals surface area contributed by atoms with Crippen molar-refractivity contribution in [1.82, 2.24) is 9.88 Å². The van der Waals surface area contributed by atoms with Crippen LogP contribution in [0, 0.1) is 0 Å². The van der Waals surface area contributed by atoms with E-state index in [9.17, 15) is 4.79 Å². The Kier molecular flexibility index (Phi) is 6.16. The third-order valence-electron chi connectivity index (χ3n) is 5.38. The quantitative estimate of drug-likeness (QED) is 0.713. The molecule has 1 amide bonds. The molecule has 0 bridgehead atoms. The van der Waals surface area contributed by atoms with Crippen molar-refractivity contribution >= 4 is 6.09 Å². The first-order chi connectivity index (χ1) is 14.8. The molecule has 7 nitrogen and oxygen atoms in total. The number of carbonyl (C=O) groups is 1. The van der Waals surface area contributed by atoms with Gasteiger partial charge < -0.3 is 23.8 Å². The van der Waals surface area contributed by atoms with E-state index in [0.717, 1.165) is 23.2 Å². The predicted octanol–water partition coefficient (Wildman–Crippen LogP) is 4.57. The van der Waals surface area contributed by atoms with Crippen LogP contribution in [0.1, 0.15) is 46.0 Å². The van der Waals surface area contributed by atoms with E-state index in [1.807, 2.05) is 70.2 Å². The minimum atomic E-state index is -0.519. The summed E-state index contributed by atoms with van der Waals surface area (Å²) in [6.07, 6.45) is -0.0292. The molecule has 0 unspecified atom stereocenters. The highest BCUT2D eigenvalue weighted by Gasteiger charge is 2.37. The fourth-order valence-electron chi connectivity index (χ4n) is 3.84. The number of rotatable bonds is 4. The molecule has 0 aliphatic carbocycles. The van der Waals surface area contributed by atoms with Crippen molar-refractivity contribution in [3.05, 3.63) is 48.0 Å². The molecule has 0 N–H and O–H groups in total. The minimum absolute atomic E-state index is 0.0969. The molecule has 0 spiro atoms. The normalized spacial score (nSPS) is 22.0. The topological polar surface area (TPSA) is 70.1 Å². The summed E-state index contributed by atoms with van der Waals surface area (Å²) in [5.74, 6) is 0.541. The summed E-state index contributed by atoms with van der Waals surface area (Å²) >= 11 is 0. The standard InChI is InChI=1S/C24H30N2O5/c1-16-20(11-12-26(16)23(27)31-24(2,3)4)30-21-10-6-9-19(25-21)17-7-5-8-18(15-17)22-28-13-14-29-22/h5-10,15-16,20,22H,11-14H2,1-4H3/t16-,20-/m0/s1. The molecule has 0 saturated carbocycles. The van der Waals surface area contributed by atoms with Gasteiger partial charge in [-0.05, 0) is 39.8 Å². The first-order valence-electron chi connectivity index (χ1n) is 10.8. The summed E-state index contributed by atoms with van der Waals surface area (Å²) < 4.78 is 22.9. The van der Waals surface area contributed by atoms with E-state index in [0.29, 0.717) is 25.6 Å². The zero-order chi connectivity index (χ0) is 22.0. The molecule has 0 radical (unpaired) electrons. The third-order valence-corrected chi connectivity index (χ3v) is 5.38. The molecule has 31 heavy (non-hydrogen) atoms. The van der Waals surface area contributed by atoms with E-state index in [2.05, 4.69) is 0 Å². The Balaban J connectivity index is 1.45. The predicted molar refractivity (Wildman–Crippen MR) is 116 cm³/mol. The lowest BCUT2D eigenvalue weighted by Crippen LogP contribution is -2.42. The van der Waals surface area contributed by atoms with Gasteiger partial charge in [-0.1, -0.05) is 24.3 Å². The number of ether oxygens (including phenoxy) is 4. The van der Waals surface area contributed by atoms with Crippen LogP contribution in [-0.2, 0) is 14.2 Å². The van der Waals surface area contributed by atoms with Crippen molar-refractivity contribution < 1.29 is 23.7 Å². The molecule has 3 heterocycles. The Morgan fingerprint density at radius 2 is 1.87 bits per heavy atom. The van der Waals surface area contributed by atoms with Gasteiger partial charge in [0.2, 0.25) is 5.88 Å². The maximum absolute atomic E-state index is 12.5. The van der Waals surface area contributed by atoms with Gasteiger partial charge in [-0.15, -0.1) is 0 Å². The summed E-state index contributed by atoms with van der Waals surface area (Å²) in [6, 6.07) is 13.6. The number of amides is 1. The van der Waals surface area contributed by atoms with Gasteiger partial charge in [-0.25, -0.2) is 9.78 Å². The van der Waals surface area contributed by atoms with Gasteiger partial charge in [0.1, 0.15) is 11.7 Å². The van der Waals surface area contributed by atoms with Crippen molar-refractivity contribution in [2.45, 2.75) is 58.2 Å². The number of likely N-dealkylation sites (tertiary alicyclic amines) is 1. The molecule has 2 saturated heterocycles. The highest BCUT2D eigenvalue weighted by molar-refractivity contribution is 5.69. The van der Waals surface area contributed by atoms with E-state index in [4.69, 9.17) is 23.9 Å². The first kappa shape index (κ1) is 21.6. The molecular weight excluding hydrogens is 396 g/mol. The fourth-order valence-corrected chi connectivity index (χ4v) is 3.84. The summed E-state index contributed by atoms with van der Waals surface area (Å²) in [5, 5.41) is 0. The smallest absolute Gasteiger partial charge is 0.410 e. The van der Waals surface area contributed by atoms with E-state index in [-0.39, 0.29) is 24.5 Å². The van der Waals surface area contributed by atoms with Crippen LogP contribution in [-0.4, -0.2) is 53.5 Å². The van der Waals surface area contributed by atoms with Gasteiger partial charge in [0, 0.05) is 30.2 Å². The average Bonchev–Trinajstić information content (AvgIpc) is 3.38. The molecule has 1 aromatic carbocycles. The molecule has 4 rings (SSSR count). The fraction of sp³-hybridized carbons (Fsp3) is 0.500. The summed E-state index contributed by atoms with van der Waals surface area (Å²) in [6.45, 7) is 9.41. The van der Waals surface area contributed by atoms with Crippen LogP contribution in [0.15, 0.2) is 42.5 Å². The number of aromatic nitrogens is 1. The molecule has 1 aromatic heterocycles. The van der Waals surface area contributed by atoms with Crippen molar-refractivity contribution in [3.8, 4) is 17.1 Å². The zero-order valence-electron chi connectivity index (χ0n) is 18.5. The van der Waals surface area contributed by atoms with Crippen LogP contribution in [0.2, 0.25) is 0 Å². The summed E-state index contributed by atoms with van der Waals surface area (Å²) in [5.41, 5.74) is 2.24. The van der Waals surface area contributed by atoms with Crippen molar-refractivity contribution in [2.75, 3.05) is 19.8 Å². The van der Waals surface area contributed by atoms with E-state index < -0.39 is 5.60 Å². The number of hydrogen-bond acceptors (Lipinski definition) is 6. The van der Waals surface area contributed by atoms with Crippen molar-refractivity contribution in [3.63, 3.8) is 0 Å². The maximum atomic E-state index is 12.5. The van der Waals surface area contributed by atoms with Gasteiger partial charge in [-0.2, -0.15) is 0 Å². The lowest BCUT2D eigenvalue weighted by atomic mass is 10.1. The summed E-state index contributed by atoms with van der Waals surface area (Å²) in [4.78, 5) is 18.9. The van der Waals surface area contributed by atoms with Crippen LogP contribution >= 0.6 is 0 Å². The molecule has 2 fully saturated rings. The van der Waals surface area contributed by atoms with Gasteiger partial charge in [0.05, 0.1) is 24.9 Å². The van der Waals surface area contributed by atoms with Crippen LogP contribution in [0.4, 0.5) is 4.79 Å². The molecule has 2 aliphatic heterocycles. The maximum Gasteiger partial charge on any atom is 0.410 e. The zero-order valence-corrected chi connectivity index (χ0v) is 18.5. The van der Waals surface area contributed by atoms with Crippen LogP contribution in [0.5, 0.6) is 5.88 Å². The number of hydrogen-bond donors (Lipinski definition) is 0. The Morgan fingerprint density at radius 1 is 1.13 bits per heavy atom. The first-order valence-corrected chi connectivity index (χ1v) is 10.8. The second-order valence-corrected chi connectivity index (χ2v) is 8.92. The lowest BCUT2D eigenvalue weighted by Gasteiger charge is -2.28. The number of benzene rings is 1. The number of pyridine rings is 1. The molecule has 2 atom stereocenters. The molecule has 2 aliphatic rings. The van der Waals surface area contributed by atoms with Gasteiger partial charge >= 0.3 is 6.09 Å². The van der Waals surface area contributed by atoms with Gasteiger partial charge in [-0.3, -0.25) is 0 Å². The highest BCUT2D eigenvalue weighted by Crippen LogP contribution is 2.29. The van der Waals surface area contributed by atoms with Crippen LogP contribution in [0.3, 0.4) is 0 Å². The monoisotopic (exact) mass is 426 g/mol. The lowest BCUT2D eigenvalue weighted by molar-refractivity contribution is -0.0440. The van der Waals surface area contributed by atoms with Crippen LogP contribution < -0.4 is 4.74 Å². The minimum Gasteiger partial charge on any atom is -0.472 e. The van der Waals surface area contributed by atoms with E-state index >= 15 is 0 Å². The third kappa shape index (κ3) is 5.17. The van der Waals surface area contributed by atoms with E-state index in [1.54, 1.807) is 4.90 Å². The number of nitrogens with zero attached hydrogens (tertiary/aromatic N) is 2. The molecule has 7 heteroatoms. The molecule has 2 aromatic rings. The second kappa shape index (κ2) is 8.85. The average molecular weight is 427 g/mol. The van der Waals surface area contributed by atoms with Gasteiger partial charge in [0.25, 0.3) is 0 Å².